The molecule has 0 N–H and O–H groups in total. The summed E-state index contributed by atoms with van der Waals surface area (Å²) in [7, 11) is 0. The van der Waals surface area contributed by atoms with Crippen molar-refractivity contribution < 1.29 is 0 Å². The molecule has 0 heteroatoms. The molecule has 14 heavy (non-hydrogen) atoms. The highest BCUT2D eigenvalue weighted by atomic mass is 14.3. The minimum absolute atomic E-state index is 0.488. The highest BCUT2D eigenvalue weighted by molar-refractivity contribution is 4.75. The quantitative estimate of drug-likeness (QED) is 0.574. The normalized spacial score (nSPS) is 19.1. The van der Waals surface area contributed by atoms with Gasteiger partial charge in [0.15, 0.2) is 0 Å². The minimum atomic E-state index is 0.488. The molecular weight excluding hydrogens is 168 g/mol. The number of hydrogen-bond acceptors (Lipinski definition) is 0. The highest BCUT2D eigenvalue weighted by Crippen LogP contribution is 2.34. The molecule has 0 aromatic rings. The van der Waals surface area contributed by atoms with Gasteiger partial charge in [0.1, 0.15) is 0 Å². The lowest BCUT2D eigenvalue weighted by molar-refractivity contribution is 0.180. The van der Waals surface area contributed by atoms with Gasteiger partial charge in [0.2, 0.25) is 0 Å². The molecular formula is C14H30. The van der Waals surface area contributed by atoms with Crippen LogP contribution < -0.4 is 0 Å². The third kappa shape index (κ3) is 5.02. The summed E-state index contributed by atoms with van der Waals surface area (Å²) in [6.45, 7) is 16.6. The van der Waals surface area contributed by atoms with E-state index in [1.54, 1.807) is 0 Å². The second kappa shape index (κ2) is 5.78. The second-order valence-corrected chi connectivity index (χ2v) is 6.18. The van der Waals surface area contributed by atoms with Crippen LogP contribution in [0.1, 0.15) is 67.7 Å². The minimum Gasteiger partial charge on any atom is -0.0651 e. The summed E-state index contributed by atoms with van der Waals surface area (Å²) in [6.07, 6.45) is 4.03. The molecule has 0 radical (unpaired) electrons. The predicted molar refractivity (Wildman–Crippen MR) is 66.5 cm³/mol. The SMILES string of the molecule is CCC(C)C(C)C(CC)CC(C)(C)C. The molecule has 0 aliphatic rings. The van der Waals surface area contributed by atoms with E-state index < -0.39 is 0 Å². The Hall–Kier alpha value is 0. The molecule has 3 unspecified atom stereocenters. The molecule has 0 aromatic carbocycles. The third-order valence-electron chi connectivity index (χ3n) is 3.68. The van der Waals surface area contributed by atoms with Gasteiger partial charge in [-0.25, -0.2) is 0 Å². The van der Waals surface area contributed by atoms with E-state index in [-0.39, 0.29) is 0 Å². The van der Waals surface area contributed by atoms with Gasteiger partial charge in [0.25, 0.3) is 0 Å². The predicted octanol–water partition coefficient (Wildman–Crippen LogP) is 5.13. The van der Waals surface area contributed by atoms with Gasteiger partial charge in [-0.1, -0.05) is 61.3 Å². The van der Waals surface area contributed by atoms with Crippen molar-refractivity contribution >= 4 is 0 Å². The number of rotatable bonds is 5. The zero-order chi connectivity index (χ0) is 11.4. The van der Waals surface area contributed by atoms with Crippen molar-refractivity contribution in [1.29, 1.82) is 0 Å². The van der Waals surface area contributed by atoms with Crippen molar-refractivity contribution in [1.82, 2.24) is 0 Å². The van der Waals surface area contributed by atoms with E-state index in [1.807, 2.05) is 0 Å². The smallest absolute Gasteiger partial charge is 0.0380 e. The molecule has 0 saturated heterocycles. The van der Waals surface area contributed by atoms with Crippen LogP contribution in [0.3, 0.4) is 0 Å². The first-order chi connectivity index (χ1) is 6.31. The van der Waals surface area contributed by atoms with E-state index in [1.165, 1.54) is 19.3 Å². The van der Waals surface area contributed by atoms with Gasteiger partial charge in [0, 0.05) is 0 Å². The van der Waals surface area contributed by atoms with Crippen molar-refractivity contribution in [3.63, 3.8) is 0 Å². The highest BCUT2D eigenvalue weighted by Gasteiger charge is 2.24. The molecule has 0 aliphatic heterocycles. The molecule has 0 saturated carbocycles. The summed E-state index contributed by atoms with van der Waals surface area (Å²) in [5.74, 6) is 2.66. The van der Waals surface area contributed by atoms with Crippen LogP contribution in [0.25, 0.3) is 0 Å². The number of hydrogen-bond donors (Lipinski definition) is 0. The zero-order valence-electron chi connectivity index (χ0n) is 11.4. The maximum atomic E-state index is 2.44. The topological polar surface area (TPSA) is 0 Å². The van der Waals surface area contributed by atoms with Crippen LogP contribution in [0, 0.1) is 23.2 Å². The van der Waals surface area contributed by atoms with Crippen LogP contribution in [0.15, 0.2) is 0 Å². The molecule has 0 amide bonds. The van der Waals surface area contributed by atoms with Gasteiger partial charge < -0.3 is 0 Å². The Morgan fingerprint density at radius 2 is 1.43 bits per heavy atom. The van der Waals surface area contributed by atoms with E-state index >= 15 is 0 Å². The van der Waals surface area contributed by atoms with E-state index in [0.29, 0.717) is 5.41 Å². The maximum absolute atomic E-state index is 2.44. The van der Waals surface area contributed by atoms with Crippen LogP contribution in [0.4, 0.5) is 0 Å². The second-order valence-electron chi connectivity index (χ2n) is 6.18. The first-order valence-electron chi connectivity index (χ1n) is 6.31. The first kappa shape index (κ1) is 14.0. The Morgan fingerprint density at radius 3 is 1.71 bits per heavy atom. The summed E-state index contributed by atoms with van der Waals surface area (Å²) in [5.41, 5.74) is 0.488. The summed E-state index contributed by atoms with van der Waals surface area (Å²) >= 11 is 0. The largest absolute Gasteiger partial charge is 0.0651 e. The van der Waals surface area contributed by atoms with Gasteiger partial charge in [-0.2, -0.15) is 0 Å². The summed E-state index contributed by atoms with van der Waals surface area (Å²) in [4.78, 5) is 0. The van der Waals surface area contributed by atoms with Crippen molar-refractivity contribution in [2.45, 2.75) is 67.7 Å². The van der Waals surface area contributed by atoms with Crippen molar-refractivity contribution in [3.05, 3.63) is 0 Å². The van der Waals surface area contributed by atoms with Crippen molar-refractivity contribution in [2.24, 2.45) is 23.2 Å². The Kier molecular flexibility index (Phi) is 5.78. The molecule has 0 nitrogen and oxygen atoms in total. The Morgan fingerprint density at radius 1 is 0.929 bits per heavy atom. The van der Waals surface area contributed by atoms with Crippen LogP contribution in [0.2, 0.25) is 0 Å². The van der Waals surface area contributed by atoms with Crippen LogP contribution in [0.5, 0.6) is 0 Å². The molecule has 0 aliphatic carbocycles. The third-order valence-corrected chi connectivity index (χ3v) is 3.68. The fourth-order valence-electron chi connectivity index (χ4n) is 2.32. The van der Waals surface area contributed by atoms with Gasteiger partial charge in [-0.15, -0.1) is 0 Å². The van der Waals surface area contributed by atoms with E-state index in [4.69, 9.17) is 0 Å². The van der Waals surface area contributed by atoms with Crippen molar-refractivity contribution in [3.8, 4) is 0 Å². The van der Waals surface area contributed by atoms with E-state index in [2.05, 4.69) is 48.5 Å². The fraction of sp³-hybridized carbons (Fsp3) is 1.00. The molecule has 0 rings (SSSR count). The van der Waals surface area contributed by atoms with Crippen LogP contribution in [-0.2, 0) is 0 Å². The zero-order valence-corrected chi connectivity index (χ0v) is 11.4. The molecule has 0 heterocycles. The monoisotopic (exact) mass is 198 g/mol. The molecule has 3 atom stereocenters. The van der Waals surface area contributed by atoms with Gasteiger partial charge in [-0.3, -0.25) is 0 Å². The fourth-order valence-corrected chi connectivity index (χ4v) is 2.32. The molecule has 0 spiro atoms. The van der Waals surface area contributed by atoms with Gasteiger partial charge in [-0.05, 0) is 29.6 Å². The van der Waals surface area contributed by atoms with Crippen LogP contribution >= 0.6 is 0 Å². The average molecular weight is 198 g/mol. The lowest BCUT2D eigenvalue weighted by atomic mass is 9.73. The summed E-state index contributed by atoms with van der Waals surface area (Å²) in [6, 6.07) is 0. The first-order valence-corrected chi connectivity index (χ1v) is 6.31. The molecule has 0 fully saturated rings. The summed E-state index contributed by atoms with van der Waals surface area (Å²) in [5, 5.41) is 0. The van der Waals surface area contributed by atoms with Gasteiger partial charge in [0.05, 0.1) is 0 Å². The average Bonchev–Trinajstić information content (AvgIpc) is 2.10. The molecule has 0 bridgehead atoms. The Labute approximate surface area is 91.5 Å². The lowest BCUT2D eigenvalue weighted by Gasteiger charge is -2.32. The van der Waals surface area contributed by atoms with Crippen molar-refractivity contribution in [2.75, 3.05) is 0 Å². The van der Waals surface area contributed by atoms with E-state index in [9.17, 15) is 0 Å². The van der Waals surface area contributed by atoms with E-state index in [0.717, 1.165) is 17.8 Å². The van der Waals surface area contributed by atoms with Crippen LogP contribution in [-0.4, -0.2) is 0 Å². The lowest BCUT2D eigenvalue weighted by Crippen LogP contribution is -2.23. The Balaban J connectivity index is 4.26. The Bertz CT molecular complexity index is 141. The standard InChI is InChI=1S/C14H30/c1-8-11(3)12(4)13(9-2)10-14(5,6)7/h11-13H,8-10H2,1-7H3. The molecule has 0 aromatic heterocycles. The summed E-state index contributed by atoms with van der Waals surface area (Å²) < 4.78 is 0. The van der Waals surface area contributed by atoms with Gasteiger partial charge >= 0.3 is 0 Å². The molecule has 86 valence electrons. The maximum Gasteiger partial charge on any atom is -0.0380 e.